The smallest absolute Gasteiger partial charge is 0.241 e. The fraction of sp³-hybridized carbons (Fsp3) is 0.500. The van der Waals surface area contributed by atoms with Gasteiger partial charge in [-0.05, 0) is 31.5 Å². The van der Waals surface area contributed by atoms with Crippen molar-refractivity contribution in [3.05, 3.63) is 29.3 Å². The number of amides is 2. The predicted molar refractivity (Wildman–Crippen MR) is 99.7 cm³/mol. The third kappa shape index (κ3) is 4.55. The molecule has 1 N–H and O–H groups in total. The first-order valence-corrected chi connectivity index (χ1v) is 9.39. The highest BCUT2D eigenvalue weighted by Gasteiger charge is 2.25. The van der Waals surface area contributed by atoms with E-state index < -0.39 is 0 Å². The fourth-order valence-electron chi connectivity index (χ4n) is 3.06. The largest absolute Gasteiger partial charge is 0.347 e. The summed E-state index contributed by atoms with van der Waals surface area (Å²) in [6.07, 6.45) is 2.17. The first kappa shape index (κ1) is 17.8. The number of rotatable bonds is 5. The second-order valence-electron chi connectivity index (χ2n) is 6.66. The molecule has 134 valence electrons. The Morgan fingerprint density at radius 2 is 2.16 bits per heavy atom. The first-order chi connectivity index (χ1) is 12.0. The molecule has 6 nitrogen and oxygen atoms in total. The summed E-state index contributed by atoms with van der Waals surface area (Å²) in [6, 6.07) is 8.20. The highest BCUT2D eigenvalue weighted by atomic mass is 32.1. The van der Waals surface area contributed by atoms with Crippen molar-refractivity contribution < 1.29 is 9.59 Å². The van der Waals surface area contributed by atoms with Crippen LogP contribution in [0.4, 0.5) is 0 Å². The molecule has 1 aliphatic rings. The van der Waals surface area contributed by atoms with Crippen molar-refractivity contribution in [2.75, 3.05) is 40.3 Å². The van der Waals surface area contributed by atoms with Gasteiger partial charge in [-0.15, -0.1) is 11.3 Å². The van der Waals surface area contributed by atoms with Crippen LogP contribution in [0.25, 0.3) is 10.2 Å². The zero-order valence-corrected chi connectivity index (χ0v) is 15.5. The van der Waals surface area contributed by atoms with E-state index in [-0.39, 0.29) is 18.4 Å². The van der Waals surface area contributed by atoms with Crippen LogP contribution in [-0.4, -0.2) is 66.9 Å². The van der Waals surface area contributed by atoms with Crippen LogP contribution in [0.1, 0.15) is 23.8 Å². The lowest BCUT2D eigenvalue weighted by Crippen LogP contribution is -2.44. The van der Waals surface area contributed by atoms with E-state index in [2.05, 4.69) is 16.3 Å². The van der Waals surface area contributed by atoms with Gasteiger partial charge in [0.2, 0.25) is 11.8 Å². The summed E-state index contributed by atoms with van der Waals surface area (Å²) in [5, 5.41) is 3.86. The highest BCUT2D eigenvalue weighted by molar-refractivity contribution is 7.18. The molecule has 3 rings (SSSR count). The fourth-order valence-corrected chi connectivity index (χ4v) is 4.15. The minimum absolute atomic E-state index is 0.0565. The number of benzene rings is 1. The molecule has 1 saturated heterocycles. The highest BCUT2D eigenvalue weighted by Crippen LogP contribution is 2.32. The van der Waals surface area contributed by atoms with Gasteiger partial charge in [-0.2, -0.15) is 0 Å². The number of fused-ring (bicyclic) bond motifs is 1. The van der Waals surface area contributed by atoms with Gasteiger partial charge in [0, 0.05) is 26.6 Å². The second-order valence-corrected chi connectivity index (χ2v) is 7.72. The molecular weight excluding hydrogens is 336 g/mol. The molecule has 2 heterocycles. The molecule has 1 atom stereocenters. The Morgan fingerprint density at radius 3 is 2.92 bits per heavy atom. The number of carbonyl (C=O) groups excluding carboxylic acids is 2. The summed E-state index contributed by atoms with van der Waals surface area (Å²) in [4.78, 5) is 32.0. The molecule has 7 heteroatoms. The molecule has 0 aliphatic carbocycles. The van der Waals surface area contributed by atoms with Crippen LogP contribution in [0.5, 0.6) is 0 Å². The van der Waals surface area contributed by atoms with Crippen molar-refractivity contribution in [3.8, 4) is 0 Å². The van der Waals surface area contributed by atoms with Crippen molar-refractivity contribution in [1.82, 2.24) is 20.1 Å². The number of piperidine rings is 1. The number of hydrogen-bond donors (Lipinski definition) is 1. The number of nitrogens with zero attached hydrogens (tertiary/aromatic N) is 3. The SMILES string of the molecule is CN(C)C(=O)CNC(=O)CN1CCC[C@H](c2nc3ccccc3s2)C1. The molecule has 0 radical (unpaired) electrons. The van der Waals surface area contributed by atoms with Crippen LogP contribution in [0.2, 0.25) is 0 Å². The zero-order chi connectivity index (χ0) is 17.8. The van der Waals surface area contributed by atoms with Crippen LogP contribution in [0.15, 0.2) is 24.3 Å². The Balaban J connectivity index is 1.55. The number of likely N-dealkylation sites (tertiary alicyclic amines) is 1. The number of hydrogen-bond acceptors (Lipinski definition) is 5. The molecule has 0 spiro atoms. The van der Waals surface area contributed by atoms with Crippen LogP contribution < -0.4 is 5.32 Å². The molecule has 2 aromatic rings. The van der Waals surface area contributed by atoms with Gasteiger partial charge in [-0.25, -0.2) is 4.98 Å². The average Bonchev–Trinajstić information content (AvgIpc) is 3.04. The van der Waals surface area contributed by atoms with E-state index in [1.165, 1.54) is 9.60 Å². The predicted octanol–water partition coefficient (Wildman–Crippen LogP) is 1.68. The third-order valence-electron chi connectivity index (χ3n) is 4.47. The Morgan fingerprint density at radius 1 is 1.36 bits per heavy atom. The molecule has 0 bridgehead atoms. The second kappa shape index (κ2) is 7.93. The summed E-state index contributed by atoms with van der Waals surface area (Å²) in [6.45, 7) is 2.15. The molecular formula is C18H24N4O2S. The Hall–Kier alpha value is -1.99. The Bertz CT molecular complexity index is 725. The standard InChI is InChI=1S/C18H24N4O2S/c1-21(2)17(24)10-19-16(23)12-22-9-5-6-13(11-22)18-20-14-7-3-4-8-15(14)25-18/h3-4,7-8,13H,5-6,9-12H2,1-2H3,(H,19,23)/t13-/m0/s1. The topological polar surface area (TPSA) is 65.5 Å². The molecule has 1 aliphatic heterocycles. The summed E-state index contributed by atoms with van der Waals surface area (Å²) in [7, 11) is 3.36. The van der Waals surface area contributed by atoms with Gasteiger partial charge >= 0.3 is 0 Å². The maximum absolute atomic E-state index is 12.1. The number of aromatic nitrogens is 1. The lowest BCUT2D eigenvalue weighted by atomic mass is 9.99. The number of carbonyl (C=O) groups is 2. The molecule has 1 aromatic heterocycles. The van der Waals surface area contributed by atoms with Crippen molar-refractivity contribution >= 4 is 33.4 Å². The van der Waals surface area contributed by atoms with Crippen LogP contribution in [0, 0.1) is 0 Å². The van der Waals surface area contributed by atoms with Gasteiger partial charge in [0.15, 0.2) is 0 Å². The lowest BCUT2D eigenvalue weighted by molar-refractivity contribution is -0.131. The molecule has 25 heavy (non-hydrogen) atoms. The van der Waals surface area contributed by atoms with Gasteiger partial charge < -0.3 is 10.2 Å². The van der Waals surface area contributed by atoms with Gasteiger partial charge in [0.1, 0.15) is 0 Å². The lowest BCUT2D eigenvalue weighted by Gasteiger charge is -2.31. The molecule has 0 unspecified atom stereocenters. The summed E-state index contributed by atoms with van der Waals surface area (Å²) < 4.78 is 1.22. The van der Waals surface area contributed by atoms with E-state index in [1.807, 2.05) is 18.2 Å². The zero-order valence-electron chi connectivity index (χ0n) is 14.7. The van der Waals surface area contributed by atoms with E-state index in [0.29, 0.717) is 12.5 Å². The van der Waals surface area contributed by atoms with E-state index in [0.717, 1.165) is 36.5 Å². The number of thiazole rings is 1. The van der Waals surface area contributed by atoms with Gasteiger partial charge in [-0.3, -0.25) is 14.5 Å². The van der Waals surface area contributed by atoms with E-state index in [9.17, 15) is 9.59 Å². The van der Waals surface area contributed by atoms with Gasteiger partial charge in [0.05, 0.1) is 28.3 Å². The summed E-state index contributed by atoms with van der Waals surface area (Å²) in [5.41, 5.74) is 1.06. The quantitative estimate of drug-likeness (QED) is 0.881. The molecule has 0 saturated carbocycles. The summed E-state index contributed by atoms with van der Waals surface area (Å²) in [5.74, 6) is 0.182. The van der Waals surface area contributed by atoms with E-state index in [1.54, 1.807) is 25.4 Å². The van der Waals surface area contributed by atoms with Gasteiger partial charge in [0.25, 0.3) is 0 Å². The van der Waals surface area contributed by atoms with Crippen LogP contribution in [-0.2, 0) is 9.59 Å². The van der Waals surface area contributed by atoms with Gasteiger partial charge in [-0.1, -0.05) is 12.1 Å². The minimum atomic E-state index is -0.0978. The van der Waals surface area contributed by atoms with E-state index in [4.69, 9.17) is 4.98 Å². The maximum atomic E-state index is 12.1. The van der Waals surface area contributed by atoms with Crippen LogP contribution in [0.3, 0.4) is 0 Å². The Labute approximate surface area is 151 Å². The summed E-state index contributed by atoms with van der Waals surface area (Å²) >= 11 is 1.75. The third-order valence-corrected chi connectivity index (χ3v) is 5.67. The number of likely N-dealkylation sites (N-methyl/N-ethyl adjacent to an activating group) is 1. The maximum Gasteiger partial charge on any atom is 0.241 e. The minimum Gasteiger partial charge on any atom is -0.347 e. The van der Waals surface area contributed by atoms with E-state index >= 15 is 0 Å². The molecule has 2 amide bonds. The van der Waals surface area contributed by atoms with Crippen molar-refractivity contribution in [2.24, 2.45) is 0 Å². The normalized spacial score (nSPS) is 18.2. The average molecular weight is 360 g/mol. The van der Waals surface area contributed by atoms with Crippen molar-refractivity contribution in [3.63, 3.8) is 0 Å². The number of nitrogens with one attached hydrogen (secondary N) is 1. The number of para-hydroxylation sites is 1. The monoisotopic (exact) mass is 360 g/mol. The Kier molecular flexibility index (Phi) is 5.65. The van der Waals surface area contributed by atoms with Crippen molar-refractivity contribution in [2.45, 2.75) is 18.8 Å². The molecule has 1 aromatic carbocycles. The first-order valence-electron chi connectivity index (χ1n) is 8.57. The van der Waals surface area contributed by atoms with Crippen molar-refractivity contribution in [1.29, 1.82) is 0 Å². The van der Waals surface area contributed by atoms with Crippen LogP contribution >= 0.6 is 11.3 Å². The molecule has 1 fully saturated rings.